The molecule has 2 aliphatic heterocycles. The Morgan fingerprint density at radius 1 is 1.00 bits per heavy atom. The van der Waals surface area contributed by atoms with Gasteiger partial charge < -0.3 is 18.9 Å². The second kappa shape index (κ2) is 5.73. The van der Waals surface area contributed by atoms with Crippen molar-refractivity contribution in [2.75, 3.05) is 31.2 Å². The lowest BCUT2D eigenvalue weighted by atomic mass is 9.87. The first-order chi connectivity index (χ1) is 11.4. The Labute approximate surface area is 147 Å². The van der Waals surface area contributed by atoms with Crippen molar-refractivity contribution in [2.24, 2.45) is 0 Å². The van der Waals surface area contributed by atoms with E-state index < -0.39 is 0 Å². The number of benzene rings is 1. The van der Waals surface area contributed by atoms with Gasteiger partial charge in [0.1, 0.15) is 0 Å². The summed E-state index contributed by atoms with van der Waals surface area (Å²) in [4.78, 5) is 2.38. The number of morpholine rings is 1. The summed E-state index contributed by atoms with van der Waals surface area (Å²) in [6.07, 6.45) is 0. The van der Waals surface area contributed by atoms with Crippen LogP contribution in [0, 0.1) is 0 Å². The van der Waals surface area contributed by atoms with E-state index in [9.17, 15) is 0 Å². The van der Waals surface area contributed by atoms with Gasteiger partial charge in [-0.05, 0) is 57.3 Å². The van der Waals surface area contributed by atoms with Crippen LogP contribution < -0.4 is 9.68 Å². The fourth-order valence-electron chi connectivity index (χ4n) is 3.14. The van der Waals surface area contributed by atoms with Crippen molar-refractivity contribution >= 4 is 39.0 Å². The summed E-state index contributed by atoms with van der Waals surface area (Å²) < 4.78 is 20.2. The Morgan fingerprint density at radius 3 is 2.33 bits per heavy atom. The van der Waals surface area contributed by atoms with Crippen molar-refractivity contribution in [1.82, 2.24) is 0 Å². The molecule has 2 saturated heterocycles. The minimum Gasteiger partial charge on any atom is -0.399 e. The van der Waals surface area contributed by atoms with E-state index in [0.717, 1.165) is 31.1 Å². The smallest absolute Gasteiger partial charge is 0.399 e. The van der Waals surface area contributed by atoms with Crippen LogP contribution in [0.3, 0.4) is 0 Å². The van der Waals surface area contributed by atoms with Crippen molar-refractivity contribution in [2.45, 2.75) is 38.9 Å². The van der Waals surface area contributed by atoms with E-state index in [4.69, 9.17) is 14.0 Å². The van der Waals surface area contributed by atoms with E-state index in [0.29, 0.717) is 0 Å². The Morgan fingerprint density at radius 2 is 1.67 bits per heavy atom. The highest BCUT2D eigenvalue weighted by molar-refractivity contribution is 7.28. The zero-order valence-corrected chi connectivity index (χ0v) is 15.6. The third-order valence-corrected chi connectivity index (χ3v) is 6.52. The second-order valence-electron chi connectivity index (χ2n) is 7.56. The van der Waals surface area contributed by atoms with E-state index in [1.54, 1.807) is 11.3 Å². The summed E-state index contributed by atoms with van der Waals surface area (Å²) in [7, 11) is -0.278. The fourth-order valence-corrected chi connectivity index (χ4v) is 4.15. The molecule has 2 fully saturated rings. The van der Waals surface area contributed by atoms with E-state index in [1.165, 1.54) is 15.8 Å². The van der Waals surface area contributed by atoms with Crippen LogP contribution in [0.5, 0.6) is 0 Å². The van der Waals surface area contributed by atoms with Gasteiger partial charge in [0.25, 0.3) is 0 Å². The standard InChI is InChI=1S/C18H24BNO3S/c1-17(2)18(3,4)23-19(22-17)16-12-13-11-14(5-6-15(13)24-16)20-7-9-21-10-8-20/h5-6,11-12H,7-10H2,1-4H3. The van der Waals surface area contributed by atoms with Gasteiger partial charge in [0.2, 0.25) is 0 Å². The lowest BCUT2D eigenvalue weighted by Crippen LogP contribution is -2.41. The first-order valence-electron chi connectivity index (χ1n) is 8.58. The average molecular weight is 345 g/mol. The minimum absolute atomic E-state index is 0.278. The van der Waals surface area contributed by atoms with Gasteiger partial charge in [-0.2, -0.15) is 0 Å². The average Bonchev–Trinajstić information content (AvgIpc) is 3.06. The third kappa shape index (κ3) is 2.75. The highest BCUT2D eigenvalue weighted by Crippen LogP contribution is 2.37. The summed E-state index contributed by atoms with van der Waals surface area (Å²) in [5.74, 6) is 0. The van der Waals surface area contributed by atoms with Crippen molar-refractivity contribution in [3.63, 3.8) is 0 Å². The minimum atomic E-state index is -0.299. The van der Waals surface area contributed by atoms with Crippen LogP contribution >= 0.6 is 11.3 Å². The van der Waals surface area contributed by atoms with E-state index in [1.807, 2.05) is 0 Å². The van der Waals surface area contributed by atoms with Crippen molar-refractivity contribution < 1.29 is 14.0 Å². The molecule has 6 heteroatoms. The van der Waals surface area contributed by atoms with Gasteiger partial charge in [0, 0.05) is 28.3 Å². The maximum atomic E-state index is 6.19. The molecule has 0 amide bonds. The molecule has 1 aromatic carbocycles. The van der Waals surface area contributed by atoms with E-state index >= 15 is 0 Å². The first-order valence-corrected chi connectivity index (χ1v) is 9.39. The molecule has 0 N–H and O–H groups in total. The summed E-state index contributed by atoms with van der Waals surface area (Å²) in [5.41, 5.74) is 0.670. The molecule has 0 radical (unpaired) electrons. The molecule has 24 heavy (non-hydrogen) atoms. The summed E-state index contributed by atoms with van der Waals surface area (Å²) >= 11 is 1.76. The SMILES string of the molecule is CC1(C)OB(c2cc3cc(N4CCOCC4)ccc3s2)OC1(C)C. The number of fused-ring (bicyclic) bond motifs is 1. The highest BCUT2D eigenvalue weighted by atomic mass is 32.1. The highest BCUT2D eigenvalue weighted by Gasteiger charge is 2.52. The Kier molecular flexibility index (Phi) is 3.92. The molecule has 0 atom stereocenters. The molecule has 4 rings (SSSR count). The molecule has 3 heterocycles. The Bertz CT molecular complexity index is 736. The van der Waals surface area contributed by atoms with Crippen molar-refractivity contribution in [3.8, 4) is 0 Å². The number of hydrogen-bond acceptors (Lipinski definition) is 5. The summed E-state index contributed by atoms with van der Waals surface area (Å²) in [6, 6.07) is 8.90. The predicted molar refractivity (Wildman–Crippen MR) is 101 cm³/mol. The molecule has 0 saturated carbocycles. The Balaban J connectivity index is 1.62. The first kappa shape index (κ1) is 16.4. The third-order valence-electron chi connectivity index (χ3n) is 5.38. The number of rotatable bonds is 2. The van der Waals surface area contributed by atoms with Gasteiger partial charge in [0.05, 0.1) is 24.4 Å². The van der Waals surface area contributed by atoms with Crippen LogP contribution in [0.15, 0.2) is 24.3 Å². The fraction of sp³-hybridized carbons (Fsp3) is 0.556. The van der Waals surface area contributed by atoms with Crippen molar-refractivity contribution in [3.05, 3.63) is 24.3 Å². The van der Waals surface area contributed by atoms with Crippen LogP contribution in [-0.4, -0.2) is 44.6 Å². The van der Waals surface area contributed by atoms with E-state index in [2.05, 4.69) is 56.9 Å². The summed E-state index contributed by atoms with van der Waals surface area (Å²) in [6.45, 7) is 11.9. The van der Waals surface area contributed by atoms with Crippen molar-refractivity contribution in [1.29, 1.82) is 0 Å². The number of ether oxygens (including phenoxy) is 1. The second-order valence-corrected chi connectivity index (χ2v) is 8.67. The quantitative estimate of drug-likeness (QED) is 0.783. The van der Waals surface area contributed by atoms with Gasteiger partial charge in [-0.25, -0.2) is 0 Å². The normalized spacial score (nSPS) is 23.2. The van der Waals surface area contributed by atoms with Crippen LogP contribution in [0.25, 0.3) is 10.1 Å². The zero-order valence-electron chi connectivity index (χ0n) is 14.8. The van der Waals surface area contributed by atoms with Gasteiger partial charge in [-0.3, -0.25) is 0 Å². The molecular weight excluding hydrogens is 321 g/mol. The van der Waals surface area contributed by atoms with Gasteiger partial charge in [0.15, 0.2) is 0 Å². The summed E-state index contributed by atoms with van der Waals surface area (Å²) in [5, 5.41) is 1.26. The molecule has 2 aliphatic rings. The number of hydrogen-bond donors (Lipinski definition) is 0. The molecule has 1 aromatic heterocycles. The molecule has 0 aliphatic carbocycles. The predicted octanol–water partition coefficient (Wildman–Crippen LogP) is 3.04. The monoisotopic (exact) mass is 345 g/mol. The number of nitrogens with zero attached hydrogens (tertiary/aromatic N) is 1. The van der Waals surface area contributed by atoms with Gasteiger partial charge in [-0.15, -0.1) is 11.3 Å². The molecular formula is C18H24BNO3S. The molecule has 2 aromatic rings. The zero-order chi connectivity index (χ0) is 16.9. The van der Waals surface area contributed by atoms with Crippen LogP contribution in [0.4, 0.5) is 5.69 Å². The molecule has 0 bridgehead atoms. The number of thiophene rings is 1. The topological polar surface area (TPSA) is 30.9 Å². The lowest BCUT2D eigenvalue weighted by Gasteiger charge is -2.32. The van der Waals surface area contributed by atoms with Gasteiger partial charge in [-0.1, -0.05) is 0 Å². The number of anilines is 1. The lowest BCUT2D eigenvalue weighted by molar-refractivity contribution is 0.00578. The van der Waals surface area contributed by atoms with Crippen LogP contribution in [0.2, 0.25) is 0 Å². The van der Waals surface area contributed by atoms with Crippen LogP contribution in [-0.2, 0) is 14.0 Å². The van der Waals surface area contributed by atoms with Gasteiger partial charge >= 0.3 is 7.12 Å². The molecule has 4 nitrogen and oxygen atoms in total. The van der Waals surface area contributed by atoms with E-state index in [-0.39, 0.29) is 18.3 Å². The maximum absolute atomic E-state index is 6.19. The largest absolute Gasteiger partial charge is 0.505 e. The van der Waals surface area contributed by atoms with Crippen LogP contribution in [0.1, 0.15) is 27.7 Å². The Hall–Kier alpha value is -1.08. The molecule has 128 valence electrons. The molecule has 0 unspecified atom stereocenters. The molecule has 0 spiro atoms. The maximum Gasteiger partial charge on any atom is 0.505 e.